The molecule has 0 unspecified atom stereocenters. The third-order valence-corrected chi connectivity index (χ3v) is 4.12. The fraction of sp³-hybridized carbons (Fsp3) is 0.0667. The number of thiazole rings is 1. The van der Waals surface area contributed by atoms with E-state index in [0.717, 1.165) is 10.6 Å². The van der Waals surface area contributed by atoms with E-state index in [-0.39, 0.29) is 5.91 Å². The molecule has 3 heterocycles. The van der Waals surface area contributed by atoms with Crippen LogP contribution in [-0.4, -0.2) is 26.7 Å². The second-order valence-corrected chi connectivity index (χ2v) is 6.27. The van der Waals surface area contributed by atoms with Gasteiger partial charge in [-0.2, -0.15) is 5.10 Å². The lowest BCUT2D eigenvalue weighted by atomic mass is 10.3. The minimum Gasteiger partial charge on any atom is -0.341 e. The second-order valence-electron chi connectivity index (χ2n) is 4.58. The second kappa shape index (κ2) is 7.17. The number of amides is 1. The Hall–Kier alpha value is -2.51. The first-order valence-electron chi connectivity index (χ1n) is 6.71. The Morgan fingerprint density at radius 3 is 2.96 bits per heavy atom. The molecule has 1 N–H and O–H groups in total. The van der Waals surface area contributed by atoms with E-state index in [0.29, 0.717) is 16.6 Å². The van der Waals surface area contributed by atoms with Gasteiger partial charge in [-0.3, -0.25) is 9.78 Å². The van der Waals surface area contributed by atoms with Crippen LogP contribution in [0.15, 0.2) is 54.2 Å². The predicted molar refractivity (Wildman–Crippen MR) is 90.0 cm³/mol. The van der Waals surface area contributed by atoms with Crippen LogP contribution in [0.4, 0.5) is 0 Å². The third kappa shape index (κ3) is 4.02. The van der Waals surface area contributed by atoms with Gasteiger partial charge < -0.3 is 4.57 Å². The maximum atomic E-state index is 11.9. The number of hydrogen-bond donors (Lipinski definition) is 1. The minimum atomic E-state index is -0.281. The number of aromatic nitrogens is 3. The summed E-state index contributed by atoms with van der Waals surface area (Å²) < 4.78 is 2.51. The zero-order valence-electron chi connectivity index (χ0n) is 11.9. The van der Waals surface area contributed by atoms with Crippen molar-refractivity contribution in [3.05, 3.63) is 69.7 Å². The van der Waals surface area contributed by atoms with Gasteiger partial charge in [-0.15, -0.1) is 11.3 Å². The molecule has 0 radical (unpaired) electrons. The fourth-order valence-electron chi connectivity index (χ4n) is 1.94. The summed E-state index contributed by atoms with van der Waals surface area (Å²) in [6.45, 7) is 0.650. The summed E-state index contributed by atoms with van der Waals surface area (Å²) in [5.41, 5.74) is 3.86. The van der Waals surface area contributed by atoms with Gasteiger partial charge in [-0.1, -0.05) is 11.6 Å². The van der Waals surface area contributed by atoms with Gasteiger partial charge in [0.15, 0.2) is 4.47 Å². The fourth-order valence-corrected chi connectivity index (χ4v) is 2.91. The largest absolute Gasteiger partial charge is 0.341 e. The maximum Gasteiger partial charge on any atom is 0.271 e. The first-order chi connectivity index (χ1) is 11.2. The van der Waals surface area contributed by atoms with Gasteiger partial charge in [0.25, 0.3) is 5.91 Å². The SMILES string of the molecule is O=C(N/N=C\c1cccn1Cc1cnc(Cl)s1)c1ccncc1. The van der Waals surface area contributed by atoms with E-state index in [1.807, 2.05) is 22.9 Å². The normalized spacial score (nSPS) is 11.0. The highest BCUT2D eigenvalue weighted by Gasteiger charge is 2.05. The van der Waals surface area contributed by atoms with Gasteiger partial charge in [-0.25, -0.2) is 10.4 Å². The van der Waals surface area contributed by atoms with E-state index in [2.05, 4.69) is 20.5 Å². The molecule has 0 fully saturated rings. The molecule has 0 atom stereocenters. The van der Waals surface area contributed by atoms with E-state index in [1.165, 1.54) is 11.3 Å². The highest BCUT2D eigenvalue weighted by molar-refractivity contribution is 7.15. The van der Waals surface area contributed by atoms with Crippen molar-refractivity contribution in [1.29, 1.82) is 0 Å². The topological polar surface area (TPSA) is 72.2 Å². The lowest BCUT2D eigenvalue weighted by molar-refractivity contribution is 0.0955. The molecule has 0 saturated carbocycles. The van der Waals surface area contributed by atoms with Crippen LogP contribution in [0.2, 0.25) is 4.47 Å². The molecule has 1 amide bonds. The first-order valence-corrected chi connectivity index (χ1v) is 7.90. The standard InChI is InChI=1S/C15H12ClN5OS/c16-15-18-9-13(23-15)10-21-7-1-2-12(21)8-19-20-14(22)11-3-5-17-6-4-11/h1-9H,10H2,(H,20,22)/b19-8-. The van der Waals surface area contributed by atoms with Crippen LogP contribution in [-0.2, 0) is 6.54 Å². The number of pyridine rings is 1. The summed E-state index contributed by atoms with van der Waals surface area (Å²) in [6, 6.07) is 7.07. The molecule has 0 aliphatic rings. The molecule has 3 rings (SSSR count). The van der Waals surface area contributed by atoms with Gasteiger partial charge in [-0.05, 0) is 24.3 Å². The monoisotopic (exact) mass is 345 g/mol. The van der Waals surface area contributed by atoms with Gasteiger partial charge in [0.05, 0.1) is 18.5 Å². The summed E-state index contributed by atoms with van der Waals surface area (Å²) in [5.74, 6) is -0.281. The molecular weight excluding hydrogens is 334 g/mol. The van der Waals surface area contributed by atoms with Crippen LogP contribution in [0.1, 0.15) is 20.9 Å². The summed E-state index contributed by atoms with van der Waals surface area (Å²) >= 11 is 7.27. The molecule has 3 aromatic rings. The Balaban J connectivity index is 1.64. The van der Waals surface area contributed by atoms with Gasteiger partial charge in [0.1, 0.15) is 0 Å². The Kier molecular flexibility index (Phi) is 4.80. The van der Waals surface area contributed by atoms with E-state index in [1.54, 1.807) is 36.9 Å². The summed E-state index contributed by atoms with van der Waals surface area (Å²) in [6.07, 6.45) is 8.40. The van der Waals surface area contributed by atoms with Crippen molar-refractivity contribution in [2.24, 2.45) is 5.10 Å². The van der Waals surface area contributed by atoms with E-state index < -0.39 is 0 Å². The van der Waals surface area contributed by atoms with E-state index in [9.17, 15) is 4.79 Å². The molecule has 0 aromatic carbocycles. The summed E-state index contributed by atoms with van der Waals surface area (Å²) in [7, 11) is 0. The van der Waals surface area contributed by atoms with Crippen molar-refractivity contribution in [3.63, 3.8) is 0 Å². The quantitative estimate of drug-likeness (QED) is 0.571. The summed E-state index contributed by atoms with van der Waals surface area (Å²) in [4.78, 5) is 20.8. The van der Waals surface area contributed by atoms with Crippen molar-refractivity contribution < 1.29 is 4.79 Å². The van der Waals surface area contributed by atoms with Crippen molar-refractivity contribution >= 4 is 35.1 Å². The van der Waals surface area contributed by atoms with E-state index in [4.69, 9.17) is 11.6 Å². The van der Waals surface area contributed by atoms with Crippen molar-refractivity contribution in [2.45, 2.75) is 6.54 Å². The highest BCUT2D eigenvalue weighted by atomic mass is 35.5. The molecule has 116 valence electrons. The van der Waals surface area contributed by atoms with Crippen molar-refractivity contribution in [2.75, 3.05) is 0 Å². The zero-order valence-corrected chi connectivity index (χ0v) is 13.5. The number of hydrogen-bond acceptors (Lipinski definition) is 5. The molecule has 8 heteroatoms. The number of rotatable bonds is 5. The zero-order chi connectivity index (χ0) is 16.1. The summed E-state index contributed by atoms with van der Waals surface area (Å²) in [5, 5.41) is 3.99. The first kappa shape index (κ1) is 15.4. The van der Waals surface area contributed by atoms with Gasteiger partial charge in [0.2, 0.25) is 0 Å². The maximum absolute atomic E-state index is 11.9. The van der Waals surface area contributed by atoms with Gasteiger partial charge in [0, 0.05) is 35.2 Å². The van der Waals surface area contributed by atoms with Gasteiger partial charge >= 0.3 is 0 Å². The molecule has 0 spiro atoms. The van der Waals surface area contributed by atoms with Crippen LogP contribution in [0.3, 0.4) is 0 Å². The van der Waals surface area contributed by atoms with Crippen LogP contribution in [0, 0.1) is 0 Å². The van der Waals surface area contributed by atoms with Crippen LogP contribution in [0.25, 0.3) is 0 Å². The average Bonchev–Trinajstić information content (AvgIpc) is 3.18. The minimum absolute atomic E-state index is 0.281. The van der Waals surface area contributed by atoms with Crippen LogP contribution >= 0.6 is 22.9 Å². The lowest BCUT2D eigenvalue weighted by Gasteiger charge is -2.03. The molecule has 0 saturated heterocycles. The number of halogens is 1. The van der Waals surface area contributed by atoms with Crippen LogP contribution in [0.5, 0.6) is 0 Å². The molecule has 0 aliphatic heterocycles. The highest BCUT2D eigenvalue weighted by Crippen LogP contribution is 2.19. The van der Waals surface area contributed by atoms with Crippen molar-refractivity contribution in [3.8, 4) is 0 Å². The molecule has 0 aliphatic carbocycles. The number of carbonyl (C=O) groups is 1. The smallest absolute Gasteiger partial charge is 0.271 e. The van der Waals surface area contributed by atoms with Crippen molar-refractivity contribution in [1.82, 2.24) is 20.0 Å². The molecule has 23 heavy (non-hydrogen) atoms. The lowest BCUT2D eigenvalue weighted by Crippen LogP contribution is -2.17. The number of carbonyl (C=O) groups excluding carboxylic acids is 1. The van der Waals surface area contributed by atoms with Crippen LogP contribution < -0.4 is 5.43 Å². The molecule has 6 nitrogen and oxygen atoms in total. The predicted octanol–water partition coefficient (Wildman–Crippen LogP) is 2.81. The molecule has 0 bridgehead atoms. The molecular formula is C15H12ClN5OS. The van der Waals surface area contributed by atoms with E-state index >= 15 is 0 Å². The Morgan fingerprint density at radius 1 is 1.39 bits per heavy atom. The Bertz CT molecular complexity index is 827. The molecule has 3 aromatic heterocycles. The number of nitrogens with zero attached hydrogens (tertiary/aromatic N) is 4. The number of hydrazone groups is 1. The Labute approximate surface area is 141 Å². The average molecular weight is 346 g/mol. The third-order valence-electron chi connectivity index (χ3n) is 3.02. The Morgan fingerprint density at radius 2 is 2.22 bits per heavy atom. The number of nitrogens with one attached hydrogen (secondary N) is 1.